The molecule has 0 bridgehead atoms. The van der Waals surface area contributed by atoms with Crippen LogP contribution in [-0.4, -0.2) is 14.9 Å². The average Bonchev–Trinajstić information content (AvgIpc) is 2.80. The van der Waals surface area contributed by atoms with Crippen LogP contribution in [0.3, 0.4) is 0 Å². The molecule has 2 heterocycles. The maximum Gasteiger partial charge on any atom is 0.271 e. The Hall–Kier alpha value is -0.680. The zero-order valence-corrected chi connectivity index (χ0v) is 12.1. The summed E-state index contributed by atoms with van der Waals surface area (Å²) < 4.78 is 2.50. The molecule has 0 aromatic carbocycles. The summed E-state index contributed by atoms with van der Waals surface area (Å²) >= 11 is 4.98. The van der Waals surface area contributed by atoms with Crippen molar-refractivity contribution in [3.8, 4) is 0 Å². The first-order valence-electron chi connectivity index (χ1n) is 5.74. The Kier molecular flexibility index (Phi) is 4.34. The minimum absolute atomic E-state index is 0.0899. The summed E-state index contributed by atoms with van der Waals surface area (Å²) in [5.74, 6) is 0.497. The topological polar surface area (TPSA) is 34.9 Å². The maximum atomic E-state index is 12.2. The summed E-state index contributed by atoms with van der Waals surface area (Å²) in [5.41, 5.74) is 0.897. The molecule has 0 radical (unpaired) electrons. The summed E-state index contributed by atoms with van der Waals surface area (Å²) in [6, 6.07) is 1.89. The molecule has 0 aliphatic heterocycles. The number of thiophene rings is 1. The van der Waals surface area contributed by atoms with Gasteiger partial charge in [-0.2, -0.15) is 0 Å². The predicted octanol–water partition coefficient (Wildman–Crippen LogP) is 3.27. The van der Waals surface area contributed by atoms with Crippen molar-refractivity contribution in [2.24, 2.45) is 5.92 Å². The van der Waals surface area contributed by atoms with Gasteiger partial charge in [0.25, 0.3) is 5.56 Å². The first-order valence-corrected chi connectivity index (χ1v) is 7.75. The molecule has 5 heteroatoms. The molecule has 1 unspecified atom stereocenters. The summed E-state index contributed by atoms with van der Waals surface area (Å²) in [6.45, 7) is 2.91. The van der Waals surface area contributed by atoms with Gasteiger partial charge in [0.1, 0.15) is 4.70 Å². The van der Waals surface area contributed by atoms with E-state index in [1.54, 1.807) is 10.9 Å². The highest BCUT2D eigenvalue weighted by molar-refractivity contribution is 9.09. The van der Waals surface area contributed by atoms with E-state index in [9.17, 15) is 4.79 Å². The lowest BCUT2D eigenvalue weighted by Gasteiger charge is -2.14. The van der Waals surface area contributed by atoms with Crippen LogP contribution in [0.15, 0.2) is 22.6 Å². The zero-order chi connectivity index (χ0) is 12.3. The van der Waals surface area contributed by atoms with Crippen molar-refractivity contribution >= 4 is 37.5 Å². The summed E-state index contributed by atoms with van der Waals surface area (Å²) in [5, 5.41) is 2.84. The Labute approximate surface area is 113 Å². The second kappa shape index (κ2) is 5.78. The van der Waals surface area contributed by atoms with Crippen LogP contribution in [0.4, 0.5) is 0 Å². The van der Waals surface area contributed by atoms with Crippen LogP contribution in [-0.2, 0) is 6.54 Å². The SMILES string of the molecule is CCCC(CBr)Cn1cnc2ccsc2c1=O. The number of alkyl halides is 1. The van der Waals surface area contributed by atoms with E-state index in [-0.39, 0.29) is 5.56 Å². The van der Waals surface area contributed by atoms with Crippen LogP contribution < -0.4 is 5.56 Å². The second-order valence-electron chi connectivity index (χ2n) is 4.15. The van der Waals surface area contributed by atoms with Gasteiger partial charge in [0.2, 0.25) is 0 Å². The van der Waals surface area contributed by atoms with Crippen LogP contribution in [0.2, 0.25) is 0 Å². The van der Waals surface area contributed by atoms with Crippen molar-refractivity contribution in [3.63, 3.8) is 0 Å². The lowest BCUT2D eigenvalue weighted by atomic mass is 10.1. The predicted molar refractivity (Wildman–Crippen MR) is 76.1 cm³/mol. The Morgan fingerprint density at radius 3 is 3.12 bits per heavy atom. The molecule has 17 heavy (non-hydrogen) atoms. The van der Waals surface area contributed by atoms with Crippen molar-refractivity contribution in [1.82, 2.24) is 9.55 Å². The highest BCUT2D eigenvalue weighted by atomic mass is 79.9. The Morgan fingerprint density at radius 1 is 1.59 bits per heavy atom. The Morgan fingerprint density at radius 2 is 2.41 bits per heavy atom. The van der Waals surface area contributed by atoms with E-state index in [4.69, 9.17) is 0 Å². The molecular weight excluding hydrogens is 300 g/mol. The van der Waals surface area contributed by atoms with E-state index in [0.717, 1.165) is 34.9 Å². The van der Waals surface area contributed by atoms with Crippen molar-refractivity contribution < 1.29 is 0 Å². The fourth-order valence-electron chi connectivity index (χ4n) is 1.91. The molecule has 0 saturated heterocycles. The quantitative estimate of drug-likeness (QED) is 0.794. The van der Waals surface area contributed by atoms with Gasteiger partial charge in [-0.3, -0.25) is 9.36 Å². The fraction of sp³-hybridized carbons (Fsp3) is 0.500. The van der Waals surface area contributed by atoms with Crippen molar-refractivity contribution in [1.29, 1.82) is 0 Å². The third-order valence-corrected chi connectivity index (χ3v) is 4.61. The third-order valence-electron chi connectivity index (χ3n) is 2.81. The first kappa shape index (κ1) is 12.8. The summed E-state index contributed by atoms with van der Waals surface area (Å²) in [6.07, 6.45) is 3.93. The van der Waals surface area contributed by atoms with Crippen LogP contribution in [0.25, 0.3) is 10.2 Å². The second-order valence-corrected chi connectivity index (χ2v) is 5.71. The van der Waals surface area contributed by atoms with Crippen molar-refractivity contribution in [2.45, 2.75) is 26.3 Å². The van der Waals surface area contributed by atoms with Crippen molar-refractivity contribution in [3.05, 3.63) is 28.1 Å². The monoisotopic (exact) mass is 314 g/mol. The van der Waals surface area contributed by atoms with Gasteiger partial charge in [-0.05, 0) is 23.8 Å². The van der Waals surface area contributed by atoms with E-state index in [1.807, 2.05) is 11.4 Å². The van der Waals surface area contributed by atoms with E-state index in [1.165, 1.54) is 11.3 Å². The van der Waals surface area contributed by atoms with Gasteiger partial charge >= 0.3 is 0 Å². The van der Waals surface area contributed by atoms with Gasteiger partial charge < -0.3 is 0 Å². The molecule has 1 atom stereocenters. The fourth-order valence-corrected chi connectivity index (χ4v) is 3.23. The molecule has 0 spiro atoms. The number of hydrogen-bond acceptors (Lipinski definition) is 3. The number of rotatable bonds is 5. The largest absolute Gasteiger partial charge is 0.298 e. The Bertz CT molecular complexity index is 549. The molecule has 0 aliphatic rings. The van der Waals surface area contributed by atoms with Gasteiger partial charge in [0.15, 0.2) is 0 Å². The number of hydrogen-bond donors (Lipinski definition) is 0. The molecule has 2 aromatic rings. The minimum Gasteiger partial charge on any atom is -0.298 e. The molecule has 0 saturated carbocycles. The van der Waals surface area contributed by atoms with Gasteiger partial charge in [-0.25, -0.2) is 4.98 Å². The molecule has 3 nitrogen and oxygen atoms in total. The van der Waals surface area contributed by atoms with Gasteiger partial charge in [0, 0.05) is 11.9 Å². The lowest BCUT2D eigenvalue weighted by Crippen LogP contribution is -2.24. The van der Waals surface area contributed by atoms with Crippen LogP contribution in [0.1, 0.15) is 19.8 Å². The first-order chi connectivity index (χ1) is 8.26. The normalized spacial score (nSPS) is 13.1. The van der Waals surface area contributed by atoms with Gasteiger partial charge in [0.05, 0.1) is 11.8 Å². The molecule has 0 fully saturated rings. The van der Waals surface area contributed by atoms with Crippen LogP contribution in [0, 0.1) is 5.92 Å². The maximum absolute atomic E-state index is 12.2. The van der Waals surface area contributed by atoms with Crippen LogP contribution in [0.5, 0.6) is 0 Å². The van der Waals surface area contributed by atoms with E-state index in [2.05, 4.69) is 27.8 Å². The van der Waals surface area contributed by atoms with Gasteiger partial charge in [-0.1, -0.05) is 29.3 Å². The molecule has 0 N–H and O–H groups in total. The Balaban J connectivity index is 2.29. The van der Waals surface area contributed by atoms with Gasteiger partial charge in [-0.15, -0.1) is 11.3 Å². The number of aromatic nitrogens is 2. The molecule has 0 aliphatic carbocycles. The number of nitrogens with zero attached hydrogens (tertiary/aromatic N) is 2. The lowest BCUT2D eigenvalue weighted by molar-refractivity contribution is 0.446. The van der Waals surface area contributed by atoms with Crippen LogP contribution >= 0.6 is 27.3 Å². The molecule has 0 amide bonds. The standard InChI is InChI=1S/C12H15BrN2OS/c1-2-3-9(6-13)7-15-8-14-10-4-5-17-11(10)12(15)16/h4-5,8-9H,2-3,6-7H2,1H3. The highest BCUT2D eigenvalue weighted by Gasteiger charge is 2.10. The summed E-state index contributed by atoms with van der Waals surface area (Å²) in [4.78, 5) is 16.5. The summed E-state index contributed by atoms with van der Waals surface area (Å²) in [7, 11) is 0. The molecule has 2 rings (SSSR count). The molecule has 92 valence electrons. The molecular formula is C12H15BrN2OS. The molecule has 2 aromatic heterocycles. The van der Waals surface area contributed by atoms with E-state index in [0.29, 0.717) is 5.92 Å². The highest BCUT2D eigenvalue weighted by Crippen LogP contribution is 2.15. The zero-order valence-electron chi connectivity index (χ0n) is 9.73. The minimum atomic E-state index is 0.0899. The van der Waals surface area contributed by atoms with E-state index < -0.39 is 0 Å². The number of halogens is 1. The third kappa shape index (κ3) is 2.77. The van der Waals surface area contributed by atoms with Crippen molar-refractivity contribution in [2.75, 3.05) is 5.33 Å². The van der Waals surface area contributed by atoms with E-state index >= 15 is 0 Å². The number of fused-ring (bicyclic) bond motifs is 1. The smallest absolute Gasteiger partial charge is 0.271 e. The average molecular weight is 315 g/mol.